The van der Waals surface area contributed by atoms with Crippen LogP contribution >= 0.6 is 23.2 Å². The van der Waals surface area contributed by atoms with E-state index in [1.807, 2.05) is 121 Å². The van der Waals surface area contributed by atoms with Crippen LogP contribution < -0.4 is 0 Å². The third kappa shape index (κ3) is 18.4. The number of aliphatic hydroxyl groups is 1. The minimum Gasteiger partial charge on any atom is -0.467 e. The van der Waals surface area contributed by atoms with Crippen molar-refractivity contribution < 1.29 is 52.0 Å². The number of hydrogen-bond acceptors (Lipinski definition) is 10. The summed E-state index contributed by atoms with van der Waals surface area (Å²) in [6.07, 6.45) is 1.34. The first-order chi connectivity index (χ1) is 38.3. The number of ether oxygens (including phenoxy) is 4. The van der Waals surface area contributed by atoms with Gasteiger partial charge in [0.15, 0.2) is 11.4 Å². The van der Waals surface area contributed by atoms with Gasteiger partial charge in [-0.25, -0.2) is 18.4 Å². The highest BCUT2D eigenvalue weighted by atomic mass is 35.5. The molecule has 0 saturated carbocycles. The van der Waals surface area contributed by atoms with E-state index < -0.39 is 46.8 Å². The maximum Gasteiger partial charge on any atom is 0.328 e. The van der Waals surface area contributed by atoms with E-state index in [9.17, 15) is 33.1 Å². The van der Waals surface area contributed by atoms with Gasteiger partial charge in [-0.1, -0.05) is 168 Å². The quantitative estimate of drug-likeness (QED) is 0.0287. The third-order valence-electron chi connectivity index (χ3n) is 12.9. The first-order valence-electron chi connectivity index (χ1n) is 25.5. The van der Waals surface area contributed by atoms with Crippen LogP contribution in [0.3, 0.4) is 0 Å². The topological polar surface area (TPSA) is 156 Å². The monoisotopic (exact) mass is 1110 g/mol. The number of benzene rings is 6. The smallest absolute Gasteiger partial charge is 0.328 e. The maximum atomic E-state index is 13.9. The van der Waals surface area contributed by atoms with Crippen LogP contribution in [0.1, 0.15) is 77.3 Å². The van der Waals surface area contributed by atoms with E-state index in [1.54, 1.807) is 34.1 Å². The van der Waals surface area contributed by atoms with Crippen LogP contribution in [0.25, 0.3) is 0 Å². The number of alkyl halides is 2. The number of methoxy groups -OCH3 is 2. The molecule has 0 aromatic heterocycles. The highest BCUT2D eigenvalue weighted by molar-refractivity contribution is 6.53. The van der Waals surface area contributed by atoms with Crippen molar-refractivity contribution in [3.8, 4) is 23.7 Å². The van der Waals surface area contributed by atoms with Gasteiger partial charge in [-0.3, -0.25) is 15.0 Å². The van der Waals surface area contributed by atoms with Crippen molar-refractivity contribution in [3.63, 3.8) is 0 Å². The molecule has 410 valence electrons. The minimum absolute atomic E-state index is 0.0200. The van der Waals surface area contributed by atoms with Gasteiger partial charge < -0.3 is 33.9 Å². The molecule has 79 heavy (non-hydrogen) atoms. The van der Waals surface area contributed by atoms with Crippen molar-refractivity contribution in [1.82, 2.24) is 9.80 Å². The van der Waals surface area contributed by atoms with Crippen molar-refractivity contribution in [3.05, 3.63) is 215 Å². The van der Waals surface area contributed by atoms with Crippen LogP contribution in [0, 0.1) is 40.7 Å². The normalized spacial score (nSPS) is 16.5. The van der Waals surface area contributed by atoms with E-state index in [1.165, 1.54) is 38.5 Å². The average Bonchev–Trinajstić information content (AvgIpc) is 3.50. The molecule has 12 nitrogen and oxygen atoms in total. The number of aliphatic hydroxyl groups excluding tert-OH is 1. The highest BCUT2D eigenvalue weighted by Gasteiger charge is 2.41. The maximum absolute atomic E-state index is 13.9. The van der Waals surface area contributed by atoms with Gasteiger partial charge in [0, 0.05) is 43.5 Å². The number of amides is 2. The van der Waals surface area contributed by atoms with Crippen LogP contribution in [0.5, 0.6) is 0 Å². The fraction of sp³-hybridized carbons (Fsp3) is 0.286. The molecule has 2 saturated heterocycles. The summed E-state index contributed by atoms with van der Waals surface area (Å²) in [6, 6.07) is 48.6. The Bertz CT molecular complexity index is 2950. The number of carbonyl (C=O) groups is 4. The van der Waals surface area contributed by atoms with Gasteiger partial charge in [0.2, 0.25) is 17.7 Å². The lowest BCUT2D eigenvalue weighted by Crippen LogP contribution is -2.53. The fourth-order valence-electron chi connectivity index (χ4n) is 8.97. The number of hydrogen-bond donors (Lipinski definition) is 2. The summed E-state index contributed by atoms with van der Waals surface area (Å²) in [6.45, 7) is 1.14. The van der Waals surface area contributed by atoms with E-state index in [2.05, 4.69) is 23.7 Å². The zero-order chi connectivity index (χ0) is 56.5. The molecular weight excluding hydrogens is 1050 g/mol. The lowest BCUT2D eigenvalue weighted by atomic mass is 9.88. The molecule has 0 bridgehead atoms. The number of nitrogens with zero attached hydrogens (tertiary/aromatic N) is 2. The predicted octanol–water partition coefficient (Wildman–Crippen LogP) is 10.3. The summed E-state index contributed by atoms with van der Waals surface area (Å²) in [5.41, 5.74) is 4.91. The number of piperidine rings is 2. The summed E-state index contributed by atoms with van der Waals surface area (Å²) in [4.78, 5) is 54.6. The van der Waals surface area contributed by atoms with Crippen LogP contribution in [-0.2, 0) is 38.1 Å². The average molecular weight is 1110 g/mol. The van der Waals surface area contributed by atoms with Gasteiger partial charge in [0.25, 0.3) is 0 Å². The summed E-state index contributed by atoms with van der Waals surface area (Å²) < 4.78 is 46.3. The van der Waals surface area contributed by atoms with Gasteiger partial charge in [-0.15, -0.1) is 0 Å². The number of rotatable bonds is 13. The van der Waals surface area contributed by atoms with Gasteiger partial charge in [-0.05, 0) is 83.6 Å². The summed E-state index contributed by atoms with van der Waals surface area (Å²) >= 11 is 10.7. The Kier molecular flexibility index (Phi) is 24.1. The molecule has 2 N–H and O–H groups in total. The fourth-order valence-corrected chi connectivity index (χ4v) is 9.10. The van der Waals surface area contributed by atoms with Gasteiger partial charge in [0.05, 0.1) is 44.9 Å². The molecule has 2 aliphatic rings. The van der Waals surface area contributed by atoms with Crippen molar-refractivity contribution in [2.75, 3.05) is 40.5 Å². The second-order valence-corrected chi connectivity index (χ2v) is 19.3. The Morgan fingerprint density at radius 3 is 1.39 bits per heavy atom. The Labute approximate surface area is 470 Å². The largest absolute Gasteiger partial charge is 0.467 e. The van der Waals surface area contributed by atoms with Crippen molar-refractivity contribution in [2.24, 2.45) is 0 Å². The van der Waals surface area contributed by atoms with Crippen LogP contribution in [0.4, 0.5) is 8.78 Å². The van der Waals surface area contributed by atoms with Gasteiger partial charge in [0.1, 0.15) is 23.7 Å². The molecule has 0 unspecified atom stereocenters. The van der Waals surface area contributed by atoms with Crippen molar-refractivity contribution in [2.45, 2.75) is 73.1 Å². The molecule has 6 aromatic carbocycles. The second kappa shape index (κ2) is 31.5. The van der Waals surface area contributed by atoms with Gasteiger partial charge >= 0.3 is 11.9 Å². The Balaban J connectivity index is 0.000000208. The number of carbonyl (C=O) groups excluding carboxylic acids is 4. The lowest BCUT2D eigenvalue weighted by molar-refractivity contribution is -0.158. The zero-order valence-electron chi connectivity index (χ0n) is 43.7. The number of esters is 2. The molecule has 6 aromatic rings. The standard InChI is InChI=1S/C31H30FNO4.C21H23NO4.C11H8Cl2FNO/c1-36-31(35)28-22-27(37-21-9-8-10-23-15-17-26(32)18-16-23)19-20-33(28)30(34)29(24-11-4-2-5-12-24)25-13-6-3-7-14-25;1-26-21(25)18-14-17(23)12-13-22(18)20(24)19(15-8-4-2-5-9-15)16-10-6-3-7-11-16;12-10(13)11(15)16-7-1-2-8-3-5-9(14)6-4-8/h2-7,11-18,27-29H,9,19-22H2,1H3;2-11,17-19,23H,12-14H2,1H3;3-6,10,15H,7H2/t27-,28+;17-,18+;/m11./s1. The summed E-state index contributed by atoms with van der Waals surface area (Å²) in [5.74, 6) is 8.34. The van der Waals surface area contributed by atoms with E-state index in [-0.39, 0.29) is 48.5 Å². The number of nitrogens with one attached hydrogen (secondary N) is 1. The molecule has 16 heteroatoms. The first kappa shape index (κ1) is 60.4. The molecule has 0 spiro atoms. The first-order valence-corrected chi connectivity index (χ1v) is 26.4. The zero-order valence-corrected chi connectivity index (χ0v) is 45.2. The highest BCUT2D eigenvalue weighted by Crippen LogP contribution is 2.33. The molecule has 0 aliphatic carbocycles. The molecule has 8 rings (SSSR count). The molecule has 4 atom stereocenters. The van der Waals surface area contributed by atoms with Gasteiger partial charge in [-0.2, -0.15) is 0 Å². The molecule has 2 fully saturated rings. The summed E-state index contributed by atoms with van der Waals surface area (Å²) in [5, 5.41) is 17.1. The molecular formula is C63H61Cl2F2N3O9. The van der Waals surface area contributed by atoms with Crippen molar-refractivity contribution >= 4 is 52.9 Å². The van der Waals surface area contributed by atoms with E-state index >= 15 is 0 Å². The van der Waals surface area contributed by atoms with E-state index in [4.69, 9.17) is 47.6 Å². The Morgan fingerprint density at radius 1 is 0.595 bits per heavy atom. The van der Waals surface area contributed by atoms with Crippen molar-refractivity contribution in [1.29, 1.82) is 5.41 Å². The van der Waals surface area contributed by atoms with Crippen LogP contribution in [0.2, 0.25) is 0 Å². The molecule has 2 aliphatic heterocycles. The molecule has 0 radical (unpaired) electrons. The Morgan fingerprint density at radius 2 is 0.987 bits per heavy atom. The number of likely N-dealkylation sites (tertiary alicyclic amines) is 2. The number of halogens is 4. The van der Waals surface area contributed by atoms with Crippen LogP contribution in [0.15, 0.2) is 170 Å². The molecule has 2 heterocycles. The third-order valence-corrected chi connectivity index (χ3v) is 13.3. The summed E-state index contributed by atoms with van der Waals surface area (Å²) in [7, 11) is 2.64. The molecule has 2 amide bonds. The minimum atomic E-state index is -0.979. The lowest BCUT2D eigenvalue weighted by Gasteiger charge is -2.39. The Hall–Kier alpha value is -7.85. The predicted molar refractivity (Wildman–Crippen MR) is 299 cm³/mol. The SMILES string of the molecule is COC(=O)[C@@H]1C[C@H](O)CCN1C(=O)C(c1ccccc1)c1ccccc1.COC(=O)[C@@H]1C[C@H](OCCC#Cc2ccc(F)cc2)CCN1C(=O)C(c1ccccc1)c1ccccc1.N=C(OCC#Cc1ccc(F)cc1)C(Cl)Cl. The second-order valence-electron chi connectivity index (χ2n) is 18.2. The van der Waals surface area contributed by atoms with E-state index in [0.29, 0.717) is 50.9 Å². The van der Waals surface area contributed by atoms with E-state index in [0.717, 1.165) is 27.8 Å². The van der Waals surface area contributed by atoms with Crippen LogP contribution in [-0.4, -0.2) is 114 Å².